The topological polar surface area (TPSA) is 83.8 Å². The van der Waals surface area contributed by atoms with Crippen LogP contribution in [0, 0.1) is 12.8 Å². The van der Waals surface area contributed by atoms with Gasteiger partial charge < -0.3 is 16.0 Å². The van der Waals surface area contributed by atoms with Gasteiger partial charge in [-0.2, -0.15) is 11.8 Å². The zero-order chi connectivity index (χ0) is 13.7. The predicted octanol–water partition coefficient (Wildman–Crippen LogP) is 1.19. The van der Waals surface area contributed by atoms with E-state index in [1.807, 2.05) is 6.92 Å². The summed E-state index contributed by atoms with van der Waals surface area (Å²) in [5, 5.41) is 3.00. The monoisotopic (exact) mass is 282 g/mol. The molecule has 1 aromatic heterocycles. The van der Waals surface area contributed by atoms with E-state index in [0.717, 1.165) is 48.7 Å². The number of aromatic nitrogens is 2. The Hall–Kier alpha value is -1.01. The van der Waals surface area contributed by atoms with Crippen LogP contribution in [0.4, 0.5) is 0 Å². The molecule has 5 nitrogen and oxygen atoms in total. The van der Waals surface area contributed by atoms with Crippen molar-refractivity contribution in [1.82, 2.24) is 15.3 Å². The number of H-pyrrole nitrogens is 1. The van der Waals surface area contributed by atoms with Crippen LogP contribution in [0.2, 0.25) is 0 Å². The molecule has 0 bridgehead atoms. The Kier molecular flexibility index (Phi) is 5.27. The number of carbonyl (C=O) groups is 1. The fraction of sp³-hybridized carbons (Fsp3) is 0.692. The highest BCUT2D eigenvalue weighted by Crippen LogP contribution is 2.24. The number of nitrogens with zero attached hydrogens (tertiary/aromatic N) is 1. The van der Waals surface area contributed by atoms with E-state index in [-0.39, 0.29) is 17.9 Å². The second-order valence-corrected chi connectivity index (χ2v) is 6.19. The van der Waals surface area contributed by atoms with Gasteiger partial charge in [0.25, 0.3) is 0 Å². The van der Waals surface area contributed by atoms with Gasteiger partial charge in [0.2, 0.25) is 5.91 Å². The molecule has 1 amide bonds. The highest BCUT2D eigenvalue weighted by Gasteiger charge is 2.27. The lowest BCUT2D eigenvalue weighted by molar-refractivity contribution is -0.124. The summed E-state index contributed by atoms with van der Waals surface area (Å²) in [5.41, 5.74) is 8.03. The third-order valence-electron chi connectivity index (χ3n) is 3.56. The SMILES string of the molecule is Cc1[nH]cnc1CSCCNC(=O)[C@H]1CC[C@@H](N)C1. The number of hydrogen-bond acceptors (Lipinski definition) is 4. The van der Waals surface area contributed by atoms with E-state index in [2.05, 4.69) is 15.3 Å². The molecule has 1 saturated carbocycles. The van der Waals surface area contributed by atoms with Crippen molar-refractivity contribution in [3.05, 3.63) is 17.7 Å². The van der Waals surface area contributed by atoms with Crippen LogP contribution in [0.5, 0.6) is 0 Å². The quantitative estimate of drug-likeness (QED) is 0.684. The Labute approximate surface area is 118 Å². The summed E-state index contributed by atoms with van der Waals surface area (Å²) in [6.45, 7) is 2.74. The number of thioether (sulfide) groups is 1. The maximum Gasteiger partial charge on any atom is 0.223 e. The number of nitrogens with one attached hydrogen (secondary N) is 2. The molecule has 6 heteroatoms. The van der Waals surface area contributed by atoms with Crippen LogP contribution in [-0.2, 0) is 10.5 Å². The van der Waals surface area contributed by atoms with E-state index >= 15 is 0 Å². The molecular formula is C13H22N4OS. The van der Waals surface area contributed by atoms with Crippen molar-refractivity contribution in [1.29, 1.82) is 0 Å². The van der Waals surface area contributed by atoms with E-state index in [1.54, 1.807) is 18.1 Å². The van der Waals surface area contributed by atoms with Crippen molar-refractivity contribution in [2.24, 2.45) is 11.7 Å². The Morgan fingerprint density at radius 3 is 3.11 bits per heavy atom. The molecule has 0 aromatic carbocycles. The van der Waals surface area contributed by atoms with Crippen molar-refractivity contribution >= 4 is 17.7 Å². The van der Waals surface area contributed by atoms with Crippen LogP contribution in [0.25, 0.3) is 0 Å². The number of amides is 1. The van der Waals surface area contributed by atoms with E-state index in [9.17, 15) is 4.79 Å². The van der Waals surface area contributed by atoms with Gasteiger partial charge in [0.15, 0.2) is 0 Å². The molecule has 1 heterocycles. The van der Waals surface area contributed by atoms with E-state index in [1.165, 1.54) is 0 Å². The first-order valence-corrected chi connectivity index (χ1v) is 7.92. The summed E-state index contributed by atoms with van der Waals surface area (Å²) < 4.78 is 0. The van der Waals surface area contributed by atoms with Gasteiger partial charge in [0, 0.05) is 35.7 Å². The fourth-order valence-corrected chi connectivity index (χ4v) is 3.22. The second kappa shape index (κ2) is 6.96. The van der Waals surface area contributed by atoms with Crippen molar-refractivity contribution in [2.75, 3.05) is 12.3 Å². The van der Waals surface area contributed by atoms with Gasteiger partial charge in [0.1, 0.15) is 0 Å². The largest absolute Gasteiger partial charge is 0.355 e. The molecule has 1 aliphatic rings. The molecule has 1 fully saturated rings. The van der Waals surface area contributed by atoms with Gasteiger partial charge >= 0.3 is 0 Å². The van der Waals surface area contributed by atoms with Gasteiger partial charge in [-0.05, 0) is 26.2 Å². The van der Waals surface area contributed by atoms with Gasteiger partial charge in [-0.1, -0.05) is 0 Å². The first-order chi connectivity index (χ1) is 9.16. The van der Waals surface area contributed by atoms with Crippen LogP contribution < -0.4 is 11.1 Å². The van der Waals surface area contributed by atoms with Crippen molar-refractivity contribution in [3.8, 4) is 0 Å². The number of aromatic amines is 1. The number of rotatable bonds is 6. The standard InChI is InChI=1S/C13H22N4OS/c1-9-12(17-8-16-9)7-19-5-4-15-13(18)10-2-3-11(14)6-10/h8,10-11H,2-7,14H2,1H3,(H,15,18)(H,16,17)/t10-,11+/m0/s1. The average molecular weight is 282 g/mol. The Morgan fingerprint density at radius 2 is 2.47 bits per heavy atom. The highest BCUT2D eigenvalue weighted by molar-refractivity contribution is 7.98. The molecule has 0 unspecified atom stereocenters. The minimum Gasteiger partial charge on any atom is -0.355 e. The lowest BCUT2D eigenvalue weighted by atomic mass is 10.1. The molecule has 0 radical (unpaired) electrons. The molecular weight excluding hydrogens is 260 g/mol. The molecule has 1 aromatic rings. The van der Waals surface area contributed by atoms with Crippen molar-refractivity contribution in [2.45, 2.75) is 38.0 Å². The molecule has 0 saturated heterocycles. The maximum absolute atomic E-state index is 11.8. The first kappa shape index (κ1) is 14.4. The summed E-state index contributed by atoms with van der Waals surface area (Å²) in [6.07, 6.45) is 4.47. The Morgan fingerprint density at radius 1 is 1.63 bits per heavy atom. The van der Waals surface area contributed by atoms with Crippen LogP contribution in [0.1, 0.15) is 30.7 Å². The molecule has 19 heavy (non-hydrogen) atoms. The molecule has 0 spiro atoms. The van der Waals surface area contributed by atoms with Gasteiger partial charge in [-0.15, -0.1) is 0 Å². The number of carbonyl (C=O) groups excluding carboxylic acids is 1. The van der Waals surface area contributed by atoms with Crippen molar-refractivity contribution in [3.63, 3.8) is 0 Å². The van der Waals surface area contributed by atoms with Gasteiger partial charge in [-0.25, -0.2) is 4.98 Å². The lowest BCUT2D eigenvalue weighted by Crippen LogP contribution is -2.32. The highest BCUT2D eigenvalue weighted by atomic mass is 32.2. The van der Waals surface area contributed by atoms with Crippen molar-refractivity contribution < 1.29 is 4.79 Å². The van der Waals surface area contributed by atoms with E-state index < -0.39 is 0 Å². The maximum atomic E-state index is 11.8. The molecule has 2 rings (SSSR count). The second-order valence-electron chi connectivity index (χ2n) is 5.09. The smallest absolute Gasteiger partial charge is 0.223 e. The van der Waals surface area contributed by atoms with Crippen LogP contribution in [-0.4, -0.2) is 34.2 Å². The molecule has 2 atom stereocenters. The number of aryl methyl sites for hydroxylation is 1. The van der Waals surface area contributed by atoms with Gasteiger partial charge in [0.05, 0.1) is 12.0 Å². The number of hydrogen-bond donors (Lipinski definition) is 3. The molecule has 1 aliphatic carbocycles. The fourth-order valence-electron chi connectivity index (χ4n) is 2.35. The average Bonchev–Trinajstić information content (AvgIpc) is 2.98. The minimum absolute atomic E-state index is 0.133. The first-order valence-electron chi connectivity index (χ1n) is 6.76. The molecule has 0 aliphatic heterocycles. The van der Waals surface area contributed by atoms with E-state index in [4.69, 9.17) is 5.73 Å². The summed E-state index contributed by atoms with van der Waals surface area (Å²) in [4.78, 5) is 19.1. The van der Waals surface area contributed by atoms with Crippen LogP contribution in [0.15, 0.2) is 6.33 Å². The number of imidazole rings is 1. The zero-order valence-electron chi connectivity index (χ0n) is 11.3. The summed E-state index contributed by atoms with van der Waals surface area (Å²) in [7, 11) is 0. The van der Waals surface area contributed by atoms with Gasteiger partial charge in [-0.3, -0.25) is 4.79 Å². The normalized spacial score (nSPS) is 22.6. The Bertz CT molecular complexity index is 421. The summed E-state index contributed by atoms with van der Waals surface area (Å²) in [5.74, 6) is 2.11. The minimum atomic E-state index is 0.133. The third kappa shape index (κ3) is 4.24. The van der Waals surface area contributed by atoms with E-state index in [0.29, 0.717) is 0 Å². The number of nitrogens with two attached hydrogens (primary N) is 1. The van der Waals surface area contributed by atoms with Crippen LogP contribution in [0.3, 0.4) is 0 Å². The molecule has 4 N–H and O–H groups in total. The zero-order valence-corrected chi connectivity index (χ0v) is 12.1. The summed E-state index contributed by atoms with van der Waals surface area (Å²) >= 11 is 1.79. The summed E-state index contributed by atoms with van der Waals surface area (Å²) in [6, 6.07) is 0.216. The third-order valence-corrected chi connectivity index (χ3v) is 4.53. The Balaban J connectivity index is 1.57. The predicted molar refractivity (Wildman–Crippen MR) is 77.8 cm³/mol. The van der Waals surface area contributed by atoms with Crippen LogP contribution >= 0.6 is 11.8 Å². The molecule has 106 valence electrons. The lowest BCUT2D eigenvalue weighted by Gasteiger charge is -2.10.